The Morgan fingerprint density at radius 3 is 2.62 bits per heavy atom. The summed E-state index contributed by atoms with van der Waals surface area (Å²) in [7, 11) is 0. The van der Waals surface area contributed by atoms with Crippen LogP contribution in [0.25, 0.3) is 0 Å². The highest BCUT2D eigenvalue weighted by molar-refractivity contribution is 7.99. The van der Waals surface area contributed by atoms with Crippen LogP contribution in [0.2, 0.25) is 0 Å². The summed E-state index contributed by atoms with van der Waals surface area (Å²) in [5.41, 5.74) is -0.439. The first-order chi connectivity index (χ1) is 9.76. The summed E-state index contributed by atoms with van der Waals surface area (Å²) >= 11 is 2.02. The van der Waals surface area contributed by atoms with Gasteiger partial charge in [-0.1, -0.05) is 13.8 Å². The number of hydrogen-bond acceptors (Lipinski definition) is 4. The van der Waals surface area contributed by atoms with Gasteiger partial charge < -0.3 is 15.4 Å². The van der Waals surface area contributed by atoms with E-state index in [0.29, 0.717) is 24.5 Å². The van der Waals surface area contributed by atoms with E-state index in [0.717, 1.165) is 6.42 Å². The first-order valence-corrected chi connectivity index (χ1v) is 9.22. The van der Waals surface area contributed by atoms with E-state index in [1.165, 1.54) is 24.3 Å². The van der Waals surface area contributed by atoms with Crippen molar-refractivity contribution in [2.75, 3.05) is 18.1 Å². The van der Waals surface area contributed by atoms with Crippen LogP contribution in [0.5, 0.6) is 0 Å². The molecule has 0 aromatic rings. The molecule has 21 heavy (non-hydrogen) atoms. The minimum atomic E-state index is -0.439. The fourth-order valence-corrected chi connectivity index (χ4v) is 3.59. The molecule has 1 rings (SSSR count). The topological polar surface area (TPSA) is 50.4 Å². The minimum absolute atomic E-state index is 0.321. The lowest BCUT2D eigenvalue weighted by atomic mass is 10.0. The number of ether oxygens (including phenoxy) is 1. The van der Waals surface area contributed by atoms with Crippen LogP contribution >= 0.6 is 11.8 Å². The third-order valence-electron chi connectivity index (χ3n) is 3.28. The Hall–Kier alpha value is -0.420. The molecule has 2 unspecified atom stereocenters. The second kappa shape index (κ2) is 8.89. The second-order valence-electron chi connectivity index (χ2n) is 7.29. The van der Waals surface area contributed by atoms with Crippen LogP contribution in [-0.2, 0) is 4.74 Å². The summed E-state index contributed by atoms with van der Waals surface area (Å²) in [6.45, 7) is 10.7. The van der Waals surface area contributed by atoms with Gasteiger partial charge in [-0.25, -0.2) is 4.79 Å². The van der Waals surface area contributed by atoms with Gasteiger partial charge in [0.1, 0.15) is 5.60 Å². The van der Waals surface area contributed by atoms with Gasteiger partial charge in [0, 0.05) is 24.4 Å². The molecule has 124 valence electrons. The SMILES string of the molecule is CC(C)CC(CNC(=O)OC(C)(C)C)NC1CCCSC1. The van der Waals surface area contributed by atoms with Crippen molar-refractivity contribution in [1.82, 2.24) is 10.6 Å². The Kier molecular flexibility index (Phi) is 7.88. The van der Waals surface area contributed by atoms with Gasteiger partial charge in [-0.05, 0) is 51.7 Å². The van der Waals surface area contributed by atoms with E-state index in [1.54, 1.807) is 0 Å². The highest BCUT2D eigenvalue weighted by Crippen LogP contribution is 2.18. The number of nitrogens with one attached hydrogen (secondary N) is 2. The monoisotopic (exact) mass is 316 g/mol. The molecule has 1 fully saturated rings. The zero-order chi connectivity index (χ0) is 15.9. The Bertz CT molecular complexity index is 310. The van der Waals surface area contributed by atoms with E-state index in [4.69, 9.17) is 4.74 Å². The van der Waals surface area contributed by atoms with Crippen LogP contribution in [0.4, 0.5) is 4.79 Å². The maximum Gasteiger partial charge on any atom is 0.407 e. The Morgan fingerprint density at radius 1 is 1.38 bits per heavy atom. The molecule has 2 N–H and O–H groups in total. The largest absolute Gasteiger partial charge is 0.444 e. The molecule has 4 nitrogen and oxygen atoms in total. The molecule has 0 aromatic heterocycles. The van der Waals surface area contributed by atoms with Gasteiger partial charge in [0.15, 0.2) is 0 Å². The van der Waals surface area contributed by atoms with Crippen LogP contribution in [-0.4, -0.2) is 41.8 Å². The molecule has 1 aliphatic heterocycles. The molecule has 0 saturated carbocycles. The highest BCUT2D eigenvalue weighted by Gasteiger charge is 2.21. The molecule has 5 heteroatoms. The van der Waals surface area contributed by atoms with Crippen LogP contribution in [0, 0.1) is 5.92 Å². The Balaban J connectivity index is 2.40. The average molecular weight is 317 g/mol. The smallest absolute Gasteiger partial charge is 0.407 e. The number of rotatable bonds is 6. The van der Waals surface area contributed by atoms with Gasteiger partial charge >= 0.3 is 6.09 Å². The van der Waals surface area contributed by atoms with Crippen molar-refractivity contribution in [2.24, 2.45) is 5.92 Å². The van der Waals surface area contributed by atoms with E-state index in [2.05, 4.69) is 24.5 Å². The molecular formula is C16H32N2O2S. The third-order valence-corrected chi connectivity index (χ3v) is 4.49. The summed E-state index contributed by atoms with van der Waals surface area (Å²) < 4.78 is 5.30. The maximum atomic E-state index is 11.8. The van der Waals surface area contributed by atoms with Crippen molar-refractivity contribution < 1.29 is 9.53 Å². The number of amides is 1. The quantitative estimate of drug-likeness (QED) is 0.788. The molecule has 0 spiro atoms. The van der Waals surface area contributed by atoms with Gasteiger partial charge in [-0.3, -0.25) is 0 Å². The molecule has 0 radical (unpaired) electrons. The van der Waals surface area contributed by atoms with Crippen LogP contribution in [0.15, 0.2) is 0 Å². The molecule has 1 saturated heterocycles. The second-order valence-corrected chi connectivity index (χ2v) is 8.44. The van der Waals surface area contributed by atoms with E-state index in [9.17, 15) is 4.79 Å². The molecule has 2 atom stereocenters. The standard InChI is InChI=1S/C16H32N2O2S/c1-12(2)9-14(18-13-7-6-8-21-11-13)10-17-15(19)20-16(3,4)5/h12-14,18H,6-11H2,1-5H3,(H,17,19). The first-order valence-electron chi connectivity index (χ1n) is 8.07. The van der Waals surface area contributed by atoms with Gasteiger partial charge in [0.05, 0.1) is 0 Å². The lowest BCUT2D eigenvalue weighted by molar-refractivity contribution is 0.0520. The highest BCUT2D eigenvalue weighted by atomic mass is 32.2. The predicted molar refractivity (Wildman–Crippen MR) is 91.0 cm³/mol. The number of hydrogen-bond donors (Lipinski definition) is 2. The summed E-state index contributed by atoms with van der Waals surface area (Å²) in [5, 5.41) is 6.62. The van der Waals surface area contributed by atoms with E-state index in [-0.39, 0.29) is 6.09 Å². The maximum absolute atomic E-state index is 11.8. The molecule has 1 amide bonds. The van der Waals surface area contributed by atoms with Crippen molar-refractivity contribution in [2.45, 2.75) is 71.6 Å². The van der Waals surface area contributed by atoms with Gasteiger partial charge in [0.25, 0.3) is 0 Å². The van der Waals surface area contributed by atoms with E-state index in [1.807, 2.05) is 32.5 Å². The van der Waals surface area contributed by atoms with Gasteiger partial charge in [-0.15, -0.1) is 0 Å². The minimum Gasteiger partial charge on any atom is -0.444 e. The van der Waals surface area contributed by atoms with Gasteiger partial charge in [0.2, 0.25) is 0 Å². The van der Waals surface area contributed by atoms with Crippen LogP contribution < -0.4 is 10.6 Å². The lowest BCUT2D eigenvalue weighted by Crippen LogP contribution is -2.48. The number of carbonyl (C=O) groups is 1. The van der Waals surface area contributed by atoms with Crippen molar-refractivity contribution in [1.29, 1.82) is 0 Å². The van der Waals surface area contributed by atoms with Crippen LogP contribution in [0.3, 0.4) is 0 Å². The summed E-state index contributed by atoms with van der Waals surface area (Å²) in [4.78, 5) is 11.8. The van der Waals surface area contributed by atoms with Crippen molar-refractivity contribution in [3.8, 4) is 0 Å². The Labute approximate surface area is 134 Å². The van der Waals surface area contributed by atoms with Crippen LogP contribution in [0.1, 0.15) is 53.9 Å². The summed E-state index contributed by atoms with van der Waals surface area (Å²) in [6.07, 6.45) is 3.28. The predicted octanol–water partition coefficient (Wildman–Crippen LogP) is 3.41. The molecule has 0 aliphatic carbocycles. The molecule has 1 aliphatic rings. The zero-order valence-electron chi connectivity index (χ0n) is 14.2. The van der Waals surface area contributed by atoms with Crippen molar-refractivity contribution in [3.63, 3.8) is 0 Å². The Morgan fingerprint density at radius 2 is 2.10 bits per heavy atom. The molecule has 0 bridgehead atoms. The lowest BCUT2D eigenvalue weighted by Gasteiger charge is -2.29. The van der Waals surface area contributed by atoms with Crippen molar-refractivity contribution in [3.05, 3.63) is 0 Å². The fourth-order valence-electron chi connectivity index (χ4n) is 2.51. The molecular weight excluding hydrogens is 284 g/mol. The average Bonchev–Trinajstić information content (AvgIpc) is 2.34. The molecule has 0 aromatic carbocycles. The summed E-state index contributed by atoms with van der Waals surface area (Å²) in [6, 6.07) is 0.897. The van der Waals surface area contributed by atoms with Crippen molar-refractivity contribution >= 4 is 17.9 Å². The van der Waals surface area contributed by atoms with Gasteiger partial charge in [-0.2, -0.15) is 11.8 Å². The number of alkyl carbamates (subject to hydrolysis) is 1. The zero-order valence-corrected chi connectivity index (χ0v) is 15.0. The molecule has 1 heterocycles. The fraction of sp³-hybridized carbons (Fsp3) is 0.938. The summed E-state index contributed by atoms with van der Waals surface area (Å²) in [5.74, 6) is 3.07. The first kappa shape index (κ1) is 18.6. The van der Waals surface area contributed by atoms with E-state index < -0.39 is 5.60 Å². The third kappa shape index (κ3) is 9.25. The number of carbonyl (C=O) groups excluding carboxylic acids is 1. The number of thioether (sulfide) groups is 1. The normalized spacial score (nSPS) is 21.1. The van der Waals surface area contributed by atoms with E-state index >= 15 is 0 Å².